The van der Waals surface area contributed by atoms with E-state index in [2.05, 4.69) is 4.99 Å². The van der Waals surface area contributed by atoms with Gasteiger partial charge in [-0.05, 0) is 43.2 Å². The number of methoxy groups -OCH3 is 2. The number of halogens is 1. The van der Waals surface area contributed by atoms with Crippen LogP contribution >= 0.6 is 34.3 Å². The standard InChI is InChI=1S/C22H24ClN3O6S3/c1-31-11-10-26-16-6-5-14(21(28)32-2)12-17(16)33-22(26)24-20(27)15-4-3-9-25(13-15)35(29,30)19-8-7-18(23)34-19/h5-8,12,15H,3-4,9-11,13H2,1-2H3. The summed E-state index contributed by atoms with van der Waals surface area (Å²) >= 11 is 8.21. The van der Waals surface area contributed by atoms with Crippen LogP contribution in [0.4, 0.5) is 0 Å². The highest BCUT2D eigenvalue weighted by molar-refractivity contribution is 7.91. The Kier molecular flexibility index (Phi) is 8.09. The number of amides is 1. The number of hydrogen-bond acceptors (Lipinski definition) is 8. The van der Waals surface area contributed by atoms with Gasteiger partial charge in [-0.2, -0.15) is 9.30 Å². The molecule has 1 aliphatic heterocycles. The number of benzene rings is 1. The third kappa shape index (κ3) is 5.52. The summed E-state index contributed by atoms with van der Waals surface area (Å²) in [4.78, 5) is 30.0. The van der Waals surface area contributed by atoms with Gasteiger partial charge in [0.25, 0.3) is 15.9 Å². The van der Waals surface area contributed by atoms with Crippen LogP contribution in [0.2, 0.25) is 4.34 Å². The van der Waals surface area contributed by atoms with Gasteiger partial charge in [-0.1, -0.05) is 22.9 Å². The summed E-state index contributed by atoms with van der Waals surface area (Å²) in [7, 11) is -0.819. The Labute approximate surface area is 215 Å². The fourth-order valence-electron chi connectivity index (χ4n) is 3.91. The molecule has 1 aliphatic rings. The lowest BCUT2D eigenvalue weighted by molar-refractivity contribution is -0.122. The van der Waals surface area contributed by atoms with E-state index in [1.165, 1.54) is 28.8 Å². The predicted molar refractivity (Wildman–Crippen MR) is 134 cm³/mol. The van der Waals surface area contributed by atoms with Crippen molar-refractivity contribution in [1.82, 2.24) is 8.87 Å². The molecule has 1 atom stereocenters. The first kappa shape index (κ1) is 26.0. The molecular formula is C22H24ClN3O6S3. The van der Waals surface area contributed by atoms with E-state index in [0.29, 0.717) is 47.2 Å². The number of carbonyl (C=O) groups excluding carboxylic acids is 2. The van der Waals surface area contributed by atoms with Gasteiger partial charge in [0.15, 0.2) is 4.80 Å². The van der Waals surface area contributed by atoms with Gasteiger partial charge in [0, 0.05) is 26.7 Å². The smallest absolute Gasteiger partial charge is 0.337 e. The fraction of sp³-hybridized carbons (Fsp3) is 0.409. The minimum atomic E-state index is -3.73. The summed E-state index contributed by atoms with van der Waals surface area (Å²) in [5.74, 6) is -1.38. The highest BCUT2D eigenvalue weighted by Crippen LogP contribution is 2.31. The third-order valence-corrected chi connectivity index (χ3v) is 10.3. The van der Waals surface area contributed by atoms with Crippen LogP contribution in [0.5, 0.6) is 0 Å². The van der Waals surface area contributed by atoms with E-state index in [1.807, 2.05) is 4.57 Å². The summed E-state index contributed by atoms with van der Waals surface area (Å²) in [6, 6.07) is 8.19. The highest BCUT2D eigenvalue weighted by Gasteiger charge is 2.34. The van der Waals surface area contributed by atoms with Crippen LogP contribution < -0.4 is 4.80 Å². The first-order valence-corrected chi connectivity index (χ1v) is 14.2. The van der Waals surface area contributed by atoms with Gasteiger partial charge >= 0.3 is 5.97 Å². The highest BCUT2D eigenvalue weighted by atomic mass is 35.5. The van der Waals surface area contributed by atoms with Crippen LogP contribution in [0.1, 0.15) is 23.2 Å². The number of carbonyl (C=O) groups is 2. The van der Waals surface area contributed by atoms with Crippen molar-refractivity contribution in [2.45, 2.75) is 23.6 Å². The molecule has 1 unspecified atom stereocenters. The van der Waals surface area contributed by atoms with E-state index >= 15 is 0 Å². The fourth-order valence-corrected chi connectivity index (χ4v) is 8.18. The quantitative estimate of drug-likeness (QED) is 0.412. The maximum absolute atomic E-state index is 13.2. The third-order valence-electron chi connectivity index (χ3n) is 5.70. The maximum Gasteiger partial charge on any atom is 0.337 e. The molecule has 0 spiro atoms. The van der Waals surface area contributed by atoms with Crippen LogP contribution in [0.15, 0.2) is 39.5 Å². The maximum atomic E-state index is 13.2. The first-order chi connectivity index (χ1) is 16.7. The second-order valence-electron chi connectivity index (χ2n) is 7.91. The summed E-state index contributed by atoms with van der Waals surface area (Å²) in [6.45, 7) is 1.28. The van der Waals surface area contributed by atoms with Crippen LogP contribution in [0.3, 0.4) is 0 Å². The Balaban J connectivity index is 1.64. The van der Waals surface area contributed by atoms with E-state index in [9.17, 15) is 18.0 Å². The minimum absolute atomic E-state index is 0.0651. The molecule has 1 fully saturated rings. The average Bonchev–Trinajstić information content (AvgIpc) is 3.45. The van der Waals surface area contributed by atoms with Crippen molar-refractivity contribution in [3.63, 3.8) is 0 Å². The van der Waals surface area contributed by atoms with E-state index < -0.39 is 21.9 Å². The molecule has 3 aromatic rings. The molecule has 1 aromatic carbocycles. The summed E-state index contributed by atoms with van der Waals surface area (Å²) in [6.07, 6.45) is 1.11. The molecule has 0 radical (unpaired) electrons. The molecule has 0 bridgehead atoms. The number of thiazole rings is 1. The van der Waals surface area contributed by atoms with E-state index in [-0.39, 0.29) is 16.7 Å². The lowest BCUT2D eigenvalue weighted by Crippen LogP contribution is -2.42. The Bertz CT molecular complexity index is 1430. The molecule has 0 N–H and O–H groups in total. The van der Waals surface area contributed by atoms with Crippen molar-refractivity contribution in [3.05, 3.63) is 45.0 Å². The molecule has 35 heavy (non-hydrogen) atoms. The van der Waals surface area contributed by atoms with Gasteiger partial charge in [-0.25, -0.2) is 13.2 Å². The SMILES string of the molecule is COCCn1c(=NC(=O)C2CCCN(S(=O)(=O)c3ccc(Cl)s3)C2)sc2cc(C(=O)OC)ccc21. The molecular weight excluding hydrogens is 534 g/mol. The van der Waals surface area contributed by atoms with Gasteiger partial charge in [0.05, 0.1) is 39.8 Å². The molecule has 0 aliphatic carbocycles. The van der Waals surface area contributed by atoms with Crippen molar-refractivity contribution in [2.75, 3.05) is 33.9 Å². The molecule has 9 nitrogen and oxygen atoms in total. The number of nitrogens with zero attached hydrogens (tertiary/aromatic N) is 3. The van der Waals surface area contributed by atoms with Gasteiger partial charge in [-0.3, -0.25) is 4.79 Å². The largest absolute Gasteiger partial charge is 0.465 e. The normalized spacial score (nSPS) is 17.7. The van der Waals surface area contributed by atoms with Crippen molar-refractivity contribution < 1.29 is 27.5 Å². The lowest BCUT2D eigenvalue weighted by atomic mass is 9.99. The van der Waals surface area contributed by atoms with Crippen molar-refractivity contribution >= 4 is 66.4 Å². The van der Waals surface area contributed by atoms with Crippen LogP contribution in [0, 0.1) is 5.92 Å². The Morgan fingerprint density at radius 2 is 2.00 bits per heavy atom. The molecule has 2 aromatic heterocycles. The summed E-state index contributed by atoms with van der Waals surface area (Å²) in [5.41, 5.74) is 1.22. The zero-order valence-corrected chi connectivity index (χ0v) is 22.3. The van der Waals surface area contributed by atoms with Crippen LogP contribution in [0.25, 0.3) is 10.2 Å². The zero-order chi connectivity index (χ0) is 25.2. The van der Waals surface area contributed by atoms with Crippen LogP contribution in [-0.4, -0.2) is 63.1 Å². The molecule has 3 heterocycles. The second kappa shape index (κ2) is 10.9. The van der Waals surface area contributed by atoms with Gasteiger partial charge in [0.1, 0.15) is 4.21 Å². The minimum Gasteiger partial charge on any atom is -0.465 e. The summed E-state index contributed by atoms with van der Waals surface area (Å²) < 4.78 is 40.6. The topological polar surface area (TPSA) is 107 Å². The zero-order valence-electron chi connectivity index (χ0n) is 19.1. The molecule has 4 rings (SSSR count). The Morgan fingerprint density at radius 3 is 2.69 bits per heavy atom. The first-order valence-electron chi connectivity index (χ1n) is 10.8. The lowest BCUT2D eigenvalue weighted by Gasteiger charge is -2.29. The van der Waals surface area contributed by atoms with Gasteiger partial charge < -0.3 is 14.0 Å². The van der Waals surface area contributed by atoms with Crippen molar-refractivity contribution in [3.8, 4) is 0 Å². The Hall–Kier alpha value is -2.09. The second-order valence-corrected chi connectivity index (χ2v) is 12.8. The van der Waals surface area contributed by atoms with E-state index in [4.69, 9.17) is 21.1 Å². The van der Waals surface area contributed by atoms with Crippen molar-refractivity contribution in [1.29, 1.82) is 0 Å². The number of fused-ring (bicyclic) bond motifs is 1. The van der Waals surface area contributed by atoms with Gasteiger partial charge in [-0.15, -0.1) is 11.3 Å². The predicted octanol–water partition coefficient (Wildman–Crippen LogP) is 3.38. The number of esters is 1. The number of thiophene rings is 1. The summed E-state index contributed by atoms with van der Waals surface area (Å²) in [5, 5.41) is 0. The van der Waals surface area contributed by atoms with E-state index in [0.717, 1.165) is 21.6 Å². The average molecular weight is 558 g/mol. The van der Waals surface area contributed by atoms with E-state index in [1.54, 1.807) is 31.4 Å². The number of ether oxygens (including phenoxy) is 2. The number of sulfonamides is 1. The number of aromatic nitrogens is 1. The Morgan fingerprint density at radius 1 is 1.20 bits per heavy atom. The molecule has 1 amide bonds. The monoisotopic (exact) mass is 557 g/mol. The molecule has 188 valence electrons. The number of rotatable bonds is 7. The van der Waals surface area contributed by atoms with Crippen LogP contribution in [-0.2, 0) is 30.8 Å². The molecule has 13 heteroatoms. The number of piperidine rings is 1. The molecule has 1 saturated heterocycles. The van der Waals surface area contributed by atoms with Gasteiger partial charge in [0.2, 0.25) is 0 Å². The number of hydrogen-bond donors (Lipinski definition) is 0. The van der Waals surface area contributed by atoms with Crippen molar-refractivity contribution in [2.24, 2.45) is 10.9 Å². The molecule has 0 saturated carbocycles.